The van der Waals surface area contributed by atoms with Crippen molar-refractivity contribution in [1.82, 2.24) is 4.31 Å². The number of hydrogen-bond acceptors (Lipinski definition) is 5. The lowest BCUT2D eigenvalue weighted by Crippen LogP contribution is -2.43. The standard InChI is InChI=1S/C19H21N3O3S2/c1-2-16-5-3-4-11-22(16)27(24,25)17-8-6-14(7-9-17)18(23)21-19-15(13-20)10-12-26-19/h6-10,12,16H,2-5,11H2,1H3,(H,21,23)/t16-/m0/s1. The van der Waals surface area contributed by atoms with Gasteiger partial charge in [0.1, 0.15) is 11.1 Å². The fourth-order valence-electron chi connectivity index (χ4n) is 3.28. The van der Waals surface area contributed by atoms with Crippen molar-refractivity contribution in [3.05, 3.63) is 46.8 Å². The van der Waals surface area contributed by atoms with Crippen LogP contribution in [0.1, 0.15) is 48.5 Å². The van der Waals surface area contributed by atoms with E-state index in [0.717, 1.165) is 25.7 Å². The Morgan fingerprint density at radius 1 is 1.30 bits per heavy atom. The van der Waals surface area contributed by atoms with Gasteiger partial charge in [0, 0.05) is 18.2 Å². The molecule has 2 aromatic rings. The van der Waals surface area contributed by atoms with Crippen LogP contribution in [-0.4, -0.2) is 31.2 Å². The molecule has 27 heavy (non-hydrogen) atoms. The minimum atomic E-state index is -3.57. The summed E-state index contributed by atoms with van der Waals surface area (Å²) in [5.74, 6) is -0.373. The molecule has 6 nitrogen and oxygen atoms in total. The lowest BCUT2D eigenvalue weighted by Gasteiger charge is -2.34. The Morgan fingerprint density at radius 2 is 2.04 bits per heavy atom. The number of nitrogens with one attached hydrogen (secondary N) is 1. The summed E-state index contributed by atoms with van der Waals surface area (Å²) in [5, 5.41) is 13.9. The third-order valence-electron chi connectivity index (χ3n) is 4.78. The molecule has 0 unspecified atom stereocenters. The number of anilines is 1. The number of piperidine rings is 1. The van der Waals surface area contributed by atoms with Crippen LogP contribution >= 0.6 is 11.3 Å². The largest absolute Gasteiger partial charge is 0.312 e. The zero-order chi connectivity index (χ0) is 19.4. The van der Waals surface area contributed by atoms with Crippen LogP contribution in [0.15, 0.2) is 40.6 Å². The van der Waals surface area contributed by atoms with Gasteiger partial charge in [-0.2, -0.15) is 9.57 Å². The topological polar surface area (TPSA) is 90.3 Å². The number of sulfonamides is 1. The van der Waals surface area contributed by atoms with E-state index in [4.69, 9.17) is 5.26 Å². The summed E-state index contributed by atoms with van der Waals surface area (Å²) in [4.78, 5) is 12.6. The van der Waals surface area contributed by atoms with Gasteiger partial charge in [0.25, 0.3) is 5.91 Å². The second-order valence-electron chi connectivity index (χ2n) is 6.43. The van der Waals surface area contributed by atoms with E-state index in [2.05, 4.69) is 5.32 Å². The van der Waals surface area contributed by atoms with E-state index >= 15 is 0 Å². The summed E-state index contributed by atoms with van der Waals surface area (Å²) in [7, 11) is -3.57. The number of thiophene rings is 1. The predicted octanol–water partition coefficient (Wildman–Crippen LogP) is 3.83. The van der Waals surface area contributed by atoms with E-state index in [-0.39, 0.29) is 16.8 Å². The predicted molar refractivity (Wildman–Crippen MR) is 105 cm³/mol. The van der Waals surface area contributed by atoms with Crippen molar-refractivity contribution in [2.75, 3.05) is 11.9 Å². The van der Waals surface area contributed by atoms with Crippen molar-refractivity contribution in [2.45, 2.75) is 43.5 Å². The summed E-state index contributed by atoms with van der Waals surface area (Å²) < 4.78 is 27.5. The smallest absolute Gasteiger partial charge is 0.256 e. The average molecular weight is 404 g/mol. The summed E-state index contributed by atoms with van der Waals surface area (Å²) >= 11 is 1.27. The lowest BCUT2D eigenvalue weighted by atomic mass is 10.0. The van der Waals surface area contributed by atoms with Gasteiger partial charge in [-0.25, -0.2) is 8.42 Å². The maximum atomic E-state index is 13.0. The summed E-state index contributed by atoms with van der Waals surface area (Å²) in [6.07, 6.45) is 3.61. The van der Waals surface area contributed by atoms with Gasteiger partial charge in [-0.1, -0.05) is 13.3 Å². The van der Waals surface area contributed by atoms with E-state index in [9.17, 15) is 13.2 Å². The molecule has 1 aromatic heterocycles. The van der Waals surface area contributed by atoms with E-state index < -0.39 is 10.0 Å². The Hall–Kier alpha value is -2.21. The molecule has 1 atom stereocenters. The van der Waals surface area contributed by atoms with Crippen LogP contribution in [0.2, 0.25) is 0 Å². The van der Waals surface area contributed by atoms with Gasteiger partial charge >= 0.3 is 0 Å². The van der Waals surface area contributed by atoms with Crippen LogP contribution in [0.5, 0.6) is 0 Å². The van der Waals surface area contributed by atoms with Gasteiger partial charge in [-0.3, -0.25) is 4.79 Å². The summed E-state index contributed by atoms with van der Waals surface area (Å²) in [6, 6.07) is 9.66. The third kappa shape index (κ3) is 4.05. The van der Waals surface area contributed by atoms with Gasteiger partial charge in [-0.05, 0) is 55.0 Å². The van der Waals surface area contributed by atoms with E-state index in [1.165, 1.54) is 35.6 Å². The molecule has 3 rings (SSSR count). The summed E-state index contributed by atoms with van der Waals surface area (Å²) in [5.41, 5.74) is 0.750. The molecule has 1 fully saturated rings. The molecule has 2 heterocycles. The van der Waals surface area contributed by atoms with E-state index in [1.807, 2.05) is 13.0 Å². The molecular weight excluding hydrogens is 382 g/mol. The maximum Gasteiger partial charge on any atom is 0.256 e. The molecular formula is C19H21N3O3S2. The molecule has 1 N–H and O–H groups in total. The Labute approximate surface area is 163 Å². The fraction of sp³-hybridized carbons (Fsp3) is 0.368. The first-order valence-corrected chi connectivity index (χ1v) is 11.2. The first-order valence-electron chi connectivity index (χ1n) is 8.88. The molecule has 142 valence electrons. The minimum absolute atomic E-state index is 0.0370. The Balaban J connectivity index is 1.78. The second-order valence-corrected chi connectivity index (χ2v) is 9.23. The first kappa shape index (κ1) is 19.5. The molecule has 1 aromatic carbocycles. The van der Waals surface area contributed by atoms with Gasteiger partial charge in [0.05, 0.1) is 10.5 Å². The molecule has 0 aliphatic carbocycles. The minimum Gasteiger partial charge on any atom is -0.312 e. The van der Waals surface area contributed by atoms with Crippen LogP contribution in [0.25, 0.3) is 0 Å². The number of carbonyl (C=O) groups is 1. The highest BCUT2D eigenvalue weighted by atomic mass is 32.2. The molecule has 0 spiro atoms. The normalized spacial score (nSPS) is 18.0. The molecule has 1 amide bonds. The summed E-state index contributed by atoms with van der Waals surface area (Å²) in [6.45, 7) is 2.55. The lowest BCUT2D eigenvalue weighted by molar-refractivity contribution is 0.102. The number of nitrogens with zero attached hydrogens (tertiary/aromatic N) is 2. The molecule has 0 radical (unpaired) electrons. The molecule has 1 aliphatic heterocycles. The second kappa shape index (κ2) is 8.21. The average Bonchev–Trinajstić information content (AvgIpc) is 3.15. The van der Waals surface area contributed by atoms with Crippen molar-refractivity contribution in [1.29, 1.82) is 5.26 Å². The van der Waals surface area contributed by atoms with Crippen LogP contribution in [0.4, 0.5) is 5.00 Å². The molecule has 0 bridgehead atoms. The van der Waals surface area contributed by atoms with Crippen molar-refractivity contribution in [3.63, 3.8) is 0 Å². The first-order chi connectivity index (χ1) is 13.0. The number of carbonyl (C=O) groups excluding carboxylic acids is 1. The zero-order valence-electron chi connectivity index (χ0n) is 15.0. The Kier molecular flexibility index (Phi) is 5.95. The Morgan fingerprint density at radius 3 is 2.70 bits per heavy atom. The highest BCUT2D eigenvalue weighted by Crippen LogP contribution is 2.27. The van der Waals surface area contributed by atoms with Gasteiger partial charge in [0.15, 0.2) is 0 Å². The highest BCUT2D eigenvalue weighted by molar-refractivity contribution is 7.89. The number of hydrogen-bond donors (Lipinski definition) is 1. The zero-order valence-corrected chi connectivity index (χ0v) is 16.6. The molecule has 1 aliphatic rings. The van der Waals surface area contributed by atoms with E-state index in [1.54, 1.807) is 15.8 Å². The fourth-order valence-corrected chi connectivity index (χ4v) is 5.78. The van der Waals surface area contributed by atoms with Gasteiger partial charge in [-0.15, -0.1) is 11.3 Å². The number of amides is 1. The number of rotatable bonds is 5. The van der Waals surface area contributed by atoms with Crippen LogP contribution in [0, 0.1) is 11.3 Å². The maximum absolute atomic E-state index is 13.0. The van der Waals surface area contributed by atoms with Crippen molar-refractivity contribution in [3.8, 4) is 6.07 Å². The SMILES string of the molecule is CC[C@H]1CCCCN1S(=O)(=O)c1ccc(C(=O)Nc2sccc2C#N)cc1. The Bertz CT molecular complexity index is 959. The van der Waals surface area contributed by atoms with Crippen molar-refractivity contribution >= 4 is 32.3 Å². The van der Waals surface area contributed by atoms with Crippen LogP contribution < -0.4 is 5.32 Å². The monoisotopic (exact) mass is 403 g/mol. The van der Waals surface area contributed by atoms with Crippen LogP contribution in [0.3, 0.4) is 0 Å². The molecule has 8 heteroatoms. The van der Waals surface area contributed by atoms with Crippen LogP contribution in [-0.2, 0) is 10.0 Å². The number of benzene rings is 1. The molecule has 0 saturated carbocycles. The van der Waals surface area contributed by atoms with E-state index in [0.29, 0.717) is 22.7 Å². The van der Waals surface area contributed by atoms with Gasteiger partial charge in [0.2, 0.25) is 10.0 Å². The number of nitriles is 1. The third-order valence-corrected chi connectivity index (χ3v) is 7.58. The molecule has 1 saturated heterocycles. The van der Waals surface area contributed by atoms with Gasteiger partial charge < -0.3 is 5.32 Å². The quantitative estimate of drug-likeness (QED) is 0.821. The van der Waals surface area contributed by atoms with Crippen molar-refractivity contribution < 1.29 is 13.2 Å². The van der Waals surface area contributed by atoms with Crippen molar-refractivity contribution in [2.24, 2.45) is 0 Å². The highest BCUT2D eigenvalue weighted by Gasteiger charge is 2.32.